The van der Waals surface area contributed by atoms with Gasteiger partial charge in [-0.1, -0.05) is 42.5 Å². The van der Waals surface area contributed by atoms with Crippen molar-refractivity contribution in [2.45, 2.75) is 6.04 Å². The minimum Gasteiger partial charge on any atom is -0.507 e. The van der Waals surface area contributed by atoms with Gasteiger partial charge in [-0.05, 0) is 12.1 Å². The number of nitrogens with one attached hydrogen (secondary N) is 1. The highest BCUT2D eigenvalue weighted by atomic mass is 16.3. The van der Waals surface area contributed by atoms with Gasteiger partial charge >= 0.3 is 0 Å². The Kier molecular flexibility index (Phi) is 4.91. The van der Waals surface area contributed by atoms with E-state index < -0.39 is 0 Å². The maximum atomic E-state index is 9.71. The summed E-state index contributed by atoms with van der Waals surface area (Å²) in [6.45, 7) is 0.695. The molecule has 3 heteroatoms. The van der Waals surface area contributed by atoms with Crippen molar-refractivity contribution < 1.29 is 10.0 Å². The van der Waals surface area contributed by atoms with Gasteiger partial charge in [0.15, 0.2) is 0 Å². The van der Waals surface area contributed by atoms with Gasteiger partial charge in [-0.25, -0.2) is 0 Å². The number of nitrogens with zero attached hydrogens (tertiary/aromatic N) is 1. The summed E-state index contributed by atoms with van der Waals surface area (Å²) in [5.41, 5.74) is 2.04. The van der Waals surface area contributed by atoms with E-state index in [0.717, 1.165) is 5.56 Å². The fraction of sp³-hybridized carbons (Fsp3) is 0.235. The Balaban J connectivity index is 2.09. The van der Waals surface area contributed by atoms with Crippen LogP contribution in [0.25, 0.3) is 0 Å². The highest BCUT2D eigenvalue weighted by molar-refractivity contribution is 5.83. The number of phenols is 1. The zero-order valence-corrected chi connectivity index (χ0v) is 12.0. The van der Waals surface area contributed by atoms with E-state index in [-0.39, 0.29) is 5.75 Å². The summed E-state index contributed by atoms with van der Waals surface area (Å²) in [5.74, 6) is 0.268. The van der Waals surface area contributed by atoms with E-state index in [9.17, 15) is 5.11 Å². The molecule has 0 amide bonds. The molecular formula is C17H21N2O+. The summed E-state index contributed by atoms with van der Waals surface area (Å²) in [7, 11) is 4.26. The Labute approximate surface area is 120 Å². The Bertz CT molecular complexity index is 564. The fourth-order valence-corrected chi connectivity index (χ4v) is 2.16. The normalized spacial score (nSPS) is 12.9. The number of hydrogen-bond donors (Lipinski definition) is 2. The van der Waals surface area contributed by atoms with E-state index in [1.54, 1.807) is 12.3 Å². The number of benzene rings is 2. The SMILES string of the molecule is C[NH+](C)[C@H](CN=Cc1ccccc1O)c1ccccc1. The van der Waals surface area contributed by atoms with Crippen LogP contribution in [0.15, 0.2) is 59.6 Å². The number of aliphatic imine (C=N–C) groups is 1. The van der Waals surface area contributed by atoms with E-state index >= 15 is 0 Å². The van der Waals surface area contributed by atoms with Gasteiger partial charge in [-0.2, -0.15) is 0 Å². The van der Waals surface area contributed by atoms with Crippen molar-refractivity contribution in [2.75, 3.05) is 20.6 Å². The van der Waals surface area contributed by atoms with Gasteiger partial charge in [0.05, 0.1) is 20.6 Å². The molecular weight excluding hydrogens is 248 g/mol. The van der Waals surface area contributed by atoms with Crippen molar-refractivity contribution >= 4 is 6.21 Å². The van der Waals surface area contributed by atoms with Gasteiger partial charge in [-0.15, -0.1) is 0 Å². The number of quaternary nitrogens is 1. The third kappa shape index (κ3) is 3.68. The van der Waals surface area contributed by atoms with E-state index in [1.165, 1.54) is 10.5 Å². The number of hydrogen-bond acceptors (Lipinski definition) is 2. The van der Waals surface area contributed by atoms with Crippen LogP contribution in [0.5, 0.6) is 5.75 Å². The molecule has 2 aromatic carbocycles. The van der Waals surface area contributed by atoms with Gasteiger partial charge in [-0.3, -0.25) is 4.99 Å². The van der Waals surface area contributed by atoms with Crippen LogP contribution in [0, 0.1) is 0 Å². The van der Waals surface area contributed by atoms with Gasteiger partial charge in [0, 0.05) is 17.3 Å². The first kappa shape index (κ1) is 14.3. The zero-order chi connectivity index (χ0) is 14.4. The van der Waals surface area contributed by atoms with E-state index in [1.807, 2.05) is 24.3 Å². The fourth-order valence-electron chi connectivity index (χ4n) is 2.16. The largest absolute Gasteiger partial charge is 0.507 e. The standard InChI is InChI=1S/C17H20N2O/c1-19(2)16(14-8-4-3-5-9-14)13-18-12-15-10-6-7-11-17(15)20/h3-12,16,20H,13H2,1-2H3/p+1/t16-/m1/s1. The lowest BCUT2D eigenvalue weighted by Crippen LogP contribution is -3.06. The lowest BCUT2D eigenvalue weighted by molar-refractivity contribution is -0.890. The Morgan fingerprint density at radius 1 is 1.05 bits per heavy atom. The zero-order valence-electron chi connectivity index (χ0n) is 12.0. The van der Waals surface area contributed by atoms with Crippen molar-refractivity contribution in [3.05, 3.63) is 65.7 Å². The van der Waals surface area contributed by atoms with Gasteiger partial charge < -0.3 is 10.0 Å². The van der Waals surface area contributed by atoms with Crippen LogP contribution >= 0.6 is 0 Å². The molecule has 2 aromatic rings. The number of likely N-dealkylation sites (N-methyl/N-ethyl adjacent to an activating group) is 1. The molecule has 0 fully saturated rings. The smallest absolute Gasteiger partial charge is 0.132 e. The second kappa shape index (κ2) is 6.87. The molecule has 0 aliphatic rings. The van der Waals surface area contributed by atoms with Crippen molar-refractivity contribution in [1.29, 1.82) is 0 Å². The minimum atomic E-state index is 0.268. The molecule has 0 heterocycles. The Morgan fingerprint density at radius 3 is 2.35 bits per heavy atom. The monoisotopic (exact) mass is 269 g/mol. The molecule has 0 aliphatic heterocycles. The number of rotatable bonds is 5. The lowest BCUT2D eigenvalue weighted by atomic mass is 10.1. The predicted octanol–water partition coefficient (Wildman–Crippen LogP) is 1.70. The quantitative estimate of drug-likeness (QED) is 0.797. The van der Waals surface area contributed by atoms with Gasteiger partial charge in [0.1, 0.15) is 11.8 Å². The van der Waals surface area contributed by atoms with E-state index in [2.05, 4.69) is 43.4 Å². The average molecular weight is 269 g/mol. The molecule has 0 radical (unpaired) electrons. The first-order valence-corrected chi connectivity index (χ1v) is 6.81. The second-order valence-corrected chi connectivity index (χ2v) is 5.09. The molecule has 104 valence electrons. The number of aromatic hydroxyl groups is 1. The van der Waals surface area contributed by atoms with Crippen LogP contribution in [0.4, 0.5) is 0 Å². The molecule has 2 rings (SSSR count). The second-order valence-electron chi connectivity index (χ2n) is 5.09. The van der Waals surface area contributed by atoms with Crippen molar-refractivity contribution in [3.8, 4) is 5.75 Å². The summed E-state index contributed by atoms with van der Waals surface area (Å²) in [6.07, 6.45) is 1.74. The first-order valence-electron chi connectivity index (χ1n) is 6.81. The van der Waals surface area contributed by atoms with Crippen LogP contribution < -0.4 is 4.90 Å². The molecule has 0 aromatic heterocycles. The number of phenolic OH excluding ortho intramolecular Hbond substituents is 1. The molecule has 2 N–H and O–H groups in total. The van der Waals surface area contributed by atoms with E-state index in [4.69, 9.17) is 0 Å². The first-order chi connectivity index (χ1) is 9.68. The summed E-state index contributed by atoms with van der Waals surface area (Å²) in [5, 5.41) is 9.71. The number of para-hydroxylation sites is 1. The van der Waals surface area contributed by atoms with Crippen molar-refractivity contribution in [3.63, 3.8) is 0 Å². The Morgan fingerprint density at radius 2 is 1.70 bits per heavy atom. The van der Waals surface area contributed by atoms with Crippen LogP contribution in [0.3, 0.4) is 0 Å². The highest BCUT2D eigenvalue weighted by Gasteiger charge is 2.16. The van der Waals surface area contributed by atoms with Gasteiger partial charge in [0.25, 0.3) is 0 Å². The molecule has 0 unspecified atom stereocenters. The van der Waals surface area contributed by atoms with E-state index in [0.29, 0.717) is 12.6 Å². The van der Waals surface area contributed by atoms with Crippen LogP contribution in [0.2, 0.25) is 0 Å². The van der Waals surface area contributed by atoms with Crippen LogP contribution in [-0.4, -0.2) is 32.0 Å². The third-order valence-corrected chi connectivity index (χ3v) is 3.35. The topological polar surface area (TPSA) is 37.0 Å². The molecule has 0 aliphatic carbocycles. The van der Waals surface area contributed by atoms with Crippen molar-refractivity contribution in [1.82, 2.24) is 0 Å². The predicted molar refractivity (Wildman–Crippen MR) is 82.6 cm³/mol. The summed E-state index contributed by atoms with van der Waals surface area (Å²) in [6, 6.07) is 18.0. The summed E-state index contributed by atoms with van der Waals surface area (Å²) < 4.78 is 0. The lowest BCUT2D eigenvalue weighted by Gasteiger charge is -2.19. The summed E-state index contributed by atoms with van der Waals surface area (Å²) in [4.78, 5) is 5.83. The molecule has 1 atom stereocenters. The maximum Gasteiger partial charge on any atom is 0.132 e. The van der Waals surface area contributed by atoms with Crippen LogP contribution in [-0.2, 0) is 0 Å². The molecule has 20 heavy (non-hydrogen) atoms. The minimum absolute atomic E-state index is 0.268. The average Bonchev–Trinajstić information content (AvgIpc) is 2.46. The van der Waals surface area contributed by atoms with Gasteiger partial charge in [0.2, 0.25) is 0 Å². The Hall–Kier alpha value is -2.13. The highest BCUT2D eigenvalue weighted by Crippen LogP contribution is 2.13. The summed E-state index contributed by atoms with van der Waals surface area (Å²) >= 11 is 0. The third-order valence-electron chi connectivity index (χ3n) is 3.35. The molecule has 0 spiro atoms. The van der Waals surface area contributed by atoms with Crippen LogP contribution in [0.1, 0.15) is 17.2 Å². The maximum absolute atomic E-state index is 9.71. The molecule has 3 nitrogen and oxygen atoms in total. The molecule has 0 saturated carbocycles. The molecule has 0 saturated heterocycles. The van der Waals surface area contributed by atoms with Crippen molar-refractivity contribution in [2.24, 2.45) is 4.99 Å². The molecule has 0 bridgehead atoms.